The first-order chi connectivity index (χ1) is 10.1. The molecule has 1 atom stereocenters. The molecule has 0 amide bonds. The van der Waals surface area contributed by atoms with E-state index in [0.717, 1.165) is 17.7 Å². The number of para-hydroxylation sites is 1. The van der Waals surface area contributed by atoms with Crippen LogP contribution in [0.4, 0.5) is 4.39 Å². The van der Waals surface area contributed by atoms with E-state index in [1.54, 1.807) is 12.1 Å². The van der Waals surface area contributed by atoms with E-state index in [1.165, 1.54) is 6.07 Å². The van der Waals surface area contributed by atoms with Crippen molar-refractivity contribution in [2.24, 2.45) is 0 Å². The highest BCUT2D eigenvalue weighted by molar-refractivity contribution is 9.10. The van der Waals surface area contributed by atoms with Crippen molar-refractivity contribution in [2.75, 3.05) is 6.61 Å². The molecule has 0 radical (unpaired) electrons. The molecular formula is C17H14BrFO2. The molecule has 0 aromatic heterocycles. The lowest BCUT2D eigenvalue weighted by Crippen LogP contribution is -2.17. The van der Waals surface area contributed by atoms with E-state index < -0.39 is 5.82 Å². The number of benzene rings is 2. The normalized spacial score (nSPS) is 17.0. The van der Waals surface area contributed by atoms with Crippen LogP contribution in [0.5, 0.6) is 5.75 Å². The van der Waals surface area contributed by atoms with E-state index in [9.17, 15) is 9.18 Å². The molecular weight excluding hydrogens is 335 g/mol. The first-order valence-corrected chi connectivity index (χ1v) is 7.64. The molecule has 3 rings (SSSR count). The Morgan fingerprint density at radius 2 is 2.10 bits per heavy atom. The summed E-state index contributed by atoms with van der Waals surface area (Å²) in [5.41, 5.74) is 1.18. The summed E-state index contributed by atoms with van der Waals surface area (Å²) in [6.45, 7) is 0.593. The minimum atomic E-state index is -0.469. The van der Waals surface area contributed by atoms with Gasteiger partial charge in [0.05, 0.1) is 12.2 Å². The van der Waals surface area contributed by atoms with Crippen molar-refractivity contribution in [2.45, 2.75) is 18.8 Å². The highest BCUT2D eigenvalue weighted by Crippen LogP contribution is 2.36. The Kier molecular flexibility index (Phi) is 4.06. The fourth-order valence-corrected chi connectivity index (χ4v) is 3.03. The van der Waals surface area contributed by atoms with Gasteiger partial charge in [-0.05, 0) is 42.2 Å². The zero-order chi connectivity index (χ0) is 14.8. The summed E-state index contributed by atoms with van der Waals surface area (Å²) in [6.07, 6.45) is 1.08. The van der Waals surface area contributed by atoms with Crippen molar-refractivity contribution >= 4 is 21.7 Å². The maximum Gasteiger partial charge on any atom is 0.166 e. The van der Waals surface area contributed by atoms with Crippen LogP contribution in [0.15, 0.2) is 46.9 Å². The highest BCUT2D eigenvalue weighted by Gasteiger charge is 2.25. The lowest BCUT2D eigenvalue weighted by molar-refractivity contribution is 0.0962. The van der Waals surface area contributed by atoms with E-state index in [0.29, 0.717) is 17.5 Å². The Balaban J connectivity index is 1.84. The maximum atomic E-state index is 13.8. The Bertz CT molecular complexity index is 684. The number of hydrogen-bond donors (Lipinski definition) is 0. The van der Waals surface area contributed by atoms with E-state index in [-0.39, 0.29) is 17.3 Å². The van der Waals surface area contributed by atoms with Crippen molar-refractivity contribution in [3.63, 3.8) is 0 Å². The number of ether oxygens (including phenoxy) is 1. The van der Waals surface area contributed by atoms with Gasteiger partial charge in [-0.2, -0.15) is 0 Å². The third-order valence-electron chi connectivity index (χ3n) is 3.74. The van der Waals surface area contributed by atoms with Gasteiger partial charge in [-0.15, -0.1) is 0 Å². The number of ketones is 1. The monoisotopic (exact) mass is 348 g/mol. The average molecular weight is 349 g/mol. The second-order valence-corrected chi connectivity index (χ2v) is 6.04. The van der Waals surface area contributed by atoms with Crippen LogP contribution in [0.2, 0.25) is 0 Å². The summed E-state index contributed by atoms with van der Waals surface area (Å²) in [5, 5.41) is 0. The van der Waals surface area contributed by atoms with Crippen LogP contribution < -0.4 is 4.74 Å². The van der Waals surface area contributed by atoms with Crippen LogP contribution in [0.1, 0.15) is 34.7 Å². The zero-order valence-corrected chi connectivity index (χ0v) is 12.9. The van der Waals surface area contributed by atoms with Crippen molar-refractivity contribution in [3.8, 4) is 5.75 Å². The molecule has 108 valence electrons. The molecule has 0 saturated heterocycles. The molecule has 2 aromatic carbocycles. The molecule has 1 aliphatic heterocycles. The zero-order valence-electron chi connectivity index (χ0n) is 11.3. The minimum absolute atomic E-state index is 0.0841. The van der Waals surface area contributed by atoms with E-state index in [4.69, 9.17) is 4.74 Å². The van der Waals surface area contributed by atoms with Crippen molar-refractivity contribution in [1.82, 2.24) is 0 Å². The van der Waals surface area contributed by atoms with Gasteiger partial charge in [-0.3, -0.25) is 4.79 Å². The molecule has 0 aliphatic carbocycles. The topological polar surface area (TPSA) is 26.3 Å². The summed E-state index contributed by atoms with van der Waals surface area (Å²) in [7, 11) is 0. The predicted molar refractivity (Wildman–Crippen MR) is 82.3 cm³/mol. The largest absolute Gasteiger partial charge is 0.493 e. The van der Waals surface area contributed by atoms with Crippen LogP contribution >= 0.6 is 15.9 Å². The molecule has 21 heavy (non-hydrogen) atoms. The molecule has 2 aromatic rings. The average Bonchev–Trinajstić information content (AvgIpc) is 2.50. The maximum absolute atomic E-state index is 13.8. The molecule has 0 fully saturated rings. The van der Waals surface area contributed by atoms with Crippen LogP contribution in [-0.2, 0) is 0 Å². The Hall–Kier alpha value is -1.68. The first kappa shape index (κ1) is 14.3. The molecule has 4 heteroatoms. The van der Waals surface area contributed by atoms with Gasteiger partial charge in [0.2, 0.25) is 0 Å². The minimum Gasteiger partial charge on any atom is -0.493 e. The number of carbonyl (C=O) groups excluding carboxylic acids is 1. The lowest BCUT2D eigenvalue weighted by atomic mass is 9.87. The second-order valence-electron chi connectivity index (χ2n) is 5.12. The summed E-state index contributed by atoms with van der Waals surface area (Å²) >= 11 is 3.28. The molecule has 0 saturated carbocycles. The molecule has 1 unspecified atom stereocenters. The van der Waals surface area contributed by atoms with Crippen LogP contribution in [0.3, 0.4) is 0 Å². The van der Waals surface area contributed by atoms with Crippen LogP contribution in [0, 0.1) is 5.82 Å². The van der Waals surface area contributed by atoms with Gasteiger partial charge < -0.3 is 4.74 Å². The van der Waals surface area contributed by atoms with Gasteiger partial charge in [0, 0.05) is 10.9 Å². The molecule has 0 bridgehead atoms. The first-order valence-electron chi connectivity index (χ1n) is 6.85. The van der Waals surface area contributed by atoms with Gasteiger partial charge >= 0.3 is 0 Å². The van der Waals surface area contributed by atoms with Crippen LogP contribution in [0.25, 0.3) is 0 Å². The summed E-state index contributed by atoms with van der Waals surface area (Å²) < 4.78 is 20.1. The number of Topliss-reactive ketones (excluding diaryl/α,β-unsaturated/α-hetero) is 1. The van der Waals surface area contributed by atoms with Gasteiger partial charge in [-0.25, -0.2) is 4.39 Å². The van der Waals surface area contributed by atoms with Crippen molar-refractivity contribution < 1.29 is 13.9 Å². The Morgan fingerprint density at radius 1 is 1.29 bits per heavy atom. The SMILES string of the molecule is O=C(CC1CCOc2ccccc21)c1cc(Br)ccc1F. The number of fused-ring (bicyclic) bond motifs is 1. The van der Waals surface area contributed by atoms with Gasteiger partial charge in [0.15, 0.2) is 5.78 Å². The number of hydrogen-bond acceptors (Lipinski definition) is 2. The molecule has 0 spiro atoms. The molecule has 1 aliphatic rings. The molecule has 0 N–H and O–H groups in total. The lowest BCUT2D eigenvalue weighted by Gasteiger charge is -2.25. The highest BCUT2D eigenvalue weighted by atomic mass is 79.9. The van der Waals surface area contributed by atoms with Gasteiger partial charge in [0.1, 0.15) is 11.6 Å². The number of halogens is 2. The third kappa shape index (κ3) is 3.00. The summed E-state index contributed by atoms with van der Waals surface area (Å²) in [4.78, 5) is 12.4. The third-order valence-corrected chi connectivity index (χ3v) is 4.24. The predicted octanol–water partition coefficient (Wildman–Crippen LogP) is 4.73. The Morgan fingerprint density at radius 3 is 2.95 bits per heavy atom. The van der Waals surface area contributed by atoms with Crippen molar-refractivity contribution in [1.29, 1.82) is 0 Å². The van der Waals surface area contributed by atoms with E-state index >= 15 is 0 Å². The quantitative estimate of drug-likeness (QED) is 0.749. The standard InChI is InChI=1S/C17H14BrFO2/c18-12-5-6-15(19)14(10-12)16(20)9-11-7-8-21-17-4-2-1-3-13(11)17/h1-6,10-11H,7-9H2. The van der Waals surface area contributed by atoms with Crippen LogP contribution in [-0.4, -0.2) is 12.4 Å². The summed E-state index contributed by atoms with van der Waals surface area (Å²) in [5.74, 6) is 0.274. The second kappa shape index (κ2) is 5.98. The van der Waals surface area contributed by atoms with E-state index in [1.807, 2.05) is 24.3 Å². The molecule has 2 nitrogen and oxygen atoms in total. The van der Waals surface area contributed by atoms with Crippen molar-refractivity contribution in [3.05, 3.63) is 63.9 Å². The molecule has 1 heterocycles. The fraction of sp³-hybridized carbons (Fsp3) is 0.235. The van der Waals surface area contributed by atoms with Gasteiger partial charge in [-0.1, -0.05) is 34.1 Å². The number of rotatable bonds is 3. The van der Waals surface area contributed by atoms with Gasteiger partial charge in [0.25, 0.3) is 0 Å². The van der Waals surface area contributed by atoms with E-state index in [2.05, 4.69) is 15.9 Å². The smallest absolute Gasteiger partial charge is 0.166 e. The Labute approximate surface area is 131 Å². The number of carbonyl (C=O) groups is 1. The summed E-state index contributed by atoms with van der Waals surface area (Å²) in [6, 6.07) is 12.2. The fourth-order valence-electron chi connectivity index (χ4n) is 2.67.